The van der Waals surface area contributed by atoms with Gasteiger partial charge in [0.05, 0.1) is 0 Å². The van der Waals surface area contributed by atoms with Gasteiger partial charge in [0.25, 0.3) is 0 Å². The molecule has 1 amide bonds. The molecule has 0 aliphatic rings. The van der Waals surface area contributed by atoms with Crippen molar-refractivity contribution in [1.82, 2.24) is 5.43 Å². The van der Waals surface area contributed by atoms with Gasteiger partial charge in [-0.05, 0) is 31.0 Å². The Balaban J connectivity index is 2.40. The largest absolute Gasteiger partial charge is 0.375 e. The fourth-order valence-electron chi connectivity index (χ4n) is 1.54. The number of nitrogens with zero attached hydrogens (tertiary/aromatic N) is 1. The summed E-state index contributed by atoms with van der Waals surface area (Å²) in [6.45, 7) is 2.91. The Morgan fingerprint density at radius 3 is 2.88 bits per heavy atom. The van der Waals surface area contributed by atoms with Crippen LogP contribution in [0.1, 0.15) is 18.4 Å². The fraction of sp³-hybridized carbons (Fsp3) is 0.417. The topological polar surface area (TPSA) is 58.4 Å². The van der Waals surface area contributed by atoms with Gasteiger partial charge in [-0.2, -0.15) is 0 Å². The molecule has 0 bridgehead atoms. The number of anilines is 1. The maximum atomic E-state index is 10.9. The number of hydrogen-bond acceptors (Lipinski definition) is 3. The molecule has 3 N–H and O–H groups in total. The molecule has 0 atom stereocenters. The third-order valence-corrected chi connectivity index (χ3v) is 2.50. The number of nitrogens with one attached hydrogen (secondary N) is 1. The molecule has 0 heterocycles. The van der Waals surface area contributed by atoms with Crippen LogP contribution in [0.4, 0.5) is 5.69 Å². The highest BCUT2D eigenvalue weighted by Crippen LogP contribution is 2.14. The van der Waals surface area contributed by atoms with Crippen LogP contribution in [-0.4, -0.2) is 19.5 Å². The number of carbonyl (C=O) groups excluding carboxylic acids is 1. The third kappa shape index (κ3) is 3.90. The normalized spacial score (nSPS) is 9.94. The average molecular weight is 221 g/mol. The smallest absolute Gasteiger partial charge is 0.233 e. The third-order valence-electron chi connectivity index (χ3n) is 2.50. The lowest BCUT2D eigenvalue weighted by Gasteiger charge is -2.19. The van der Waals surface area contributed by atoms with E-state index in [2.05, 4.69) is 35.4 Å². The molecule has 1 aromatic carbocycles. The van der Waals surface area contributed by atoms with Gasteiger partial charge in [0.2, 0.25) is 5.91 Å². The van der Waals surface area contributed by atoms with Crippen LogP contribution in [0.15, 0.2) is 24.3 Å². The van der Waals surface area contributed by atoms with E-state index < -0.39 is 0 Å². The summed E-state index contributed by atoms with van der Waals surface area (Å²) in [5, 5.41) is 0. The van der Waals surface area contributed by atoms with Crippen molar-refractivity contribution >= 4 is 11.6 Å². The molecular weight excluding hydrogens is 202 g/mol. The first-order valence-electron chi connectivity index (χ1n) is 5.40. The molecule has 0 spiro atoms. The van der Waals surface area contributed by atoms with Gasteiger partial charge in [-0.25, -0.2) is 5.84 Å². The maximum Gasteiger partial charge on any atom is 0.233 e. The minimum atomic E-state index is -0.113. The van der Waals surface area contributed by atoms with Crippen molar-refractivity contribution in [3.63, 3.8) is 0 Å². The number of benzene rings is 1. The molecule has 4 heteroatoms. The maximum absolute atomic E-state index is 10.9. The SMILES string of the molecule is Cc1cccc(N(C)CCCC(=O)NN)c1. The van der Waals surface area contributed by atoms with Gasteiger partial charge in [0, 0.05) is 25.7 Å². The van der Waals surface area contributed by atoms with Crippen molar-refractivity contribution < 1.29 is 4.79 Å². The summed E-state index contributed by atoms with van der Waals surface area (Å²) in [6.07, 6.45) is 1.26. The van der Waals surface area contributed by atoms with E-state index in [1.807, 2.05) is 13.1 Å². The molecule has 0 fully saturated rings. The van der Waals surface area contributed by atoms with Crippen LogP contribution in [0, 0.1) is 6.92 Å². The van der Waals surface area contributed by atoms with Crippen molar-refractivity contribution in [3.8, 4) is 0 Å². The highest BCUT2D eigenvalue weighted by Gasteiger charge is 2.02. The van der Waals surface area contributed by atoms with Gasteiger partial charge < -0.3 is 4.90 Å². The van der Waals surface area contributed by atoms with E-state index in [4.69, 9.17) is 5.84 Å². The van der Waals surface area contributed by atoms with Crippen molar-refractivity contribution in [1.29, 1.82) is 0 Å². The number of nitrogens with two attached hydrogens (primary N) is 1. The first-order valence-corrected chi connectivity index (χ1v) is 5.40. The van der Waals surface area contributed by atoms with Gasteiger partial charge in [-0.15, -0.1) is 0 Å². The van der Waals surface area contributed by atoms with Crippen LogP contribution in [-0.2, 0) is 4.79 Å². The Morgan fingerprint density at radius 1 is 1.50 bits per heavy atom. The fourth-order valence-corrected chi connectivity index (χ4v) is 1.54. The molecule has 1 rings (SSSR count). The highest BCUT2D eigenvalue weighted by molar-refractivity contribution is 5.75. The zero-order chi connectivity index (χ0) is 12.0. The zero-order valence-electron chi connectivity index (χ0n) is 9.86. The predicted octanol–water partition coefficient (Wildman–Crippen LogP) is 1.20. The first-order chi connectivity index (χ1) is 7.63. The van der Waals surface area contributed by atoms with Gasteiger partial charge in [-0.1, -0.05) is 12.1 Å². The molecule has 0 aromatic heterocycles. The quantitative estimate of drug-likeness (QED) is 0.446. The molecule has 0 unspecified atom stereocenters. The van der Waals surface area contributed by atoms with Crippen LogP contribution >= 0.6 is 0 Å². The zero-order valence-corrected chi connectivity index (χ0v) is 9.86. The van der Waals surface area contributed by atoms with Gasteiger partial charge in [0.1, 0.15) is 0 Å². The second-order valence-electron chi connectivity index (χ2n) is 3.93. The second-order valence-corrected chi connectivity index (χ2v) is 3.93. The van der Waals surface area contributed by atoms with Crippen LogP contribution in [0.3, 0.4) is 0 Å². The molecule has 1 aromatic rings. The number of hydrogen-bond donors (Lipinski definition) is 2. The Bertz CT molecular complexity index is 352. The van der Waals surface area contributed by atoms with Gasteiger partial charge >= 0.3 is 0 Å². The number of carbonyl (C=O) groups is 1. The highest BCUT2D eigenvalue weighted by atomic mass is 16.2. The molecule has 16 heavy (non-hydrogen) atoms. The summed E-state index contributed by atoms with van der Waals surface area (Å²) in [6, 6.07) is 8.30. The molecule has 0 aliphatic heterocycles. The molecular formula is C12H19N3O. The molecule has 0 saturated carbocycles. The summed E-state index contributed by atoms with van der Waals surface area (Å²) in [7, 11) is 2.02. The summed E-state index contributed by atoms with van der Waals surface area (Å²) in [5.41, 5.74) is 4.54. The van der Waals surface area contributed by atoms with E-state index in [0.29, 0.717) is 6.42 Å². The van der Waals surface area contributed by atoms with Crippen molar-refractivity contribution in [3.05, 3.63) is 29.8 Å². The Hall–Kier alpha value is -1.55. The Kier molecular flexibility index (Phi) is 4.79. The van der Waals surface area contributed by atoms with E-state index in [9.17, 15) is 4.79 Å². The number of rotatable bonds is 5. The van der Waals surface area contributed by atoms with Crippen LogP contribution < -0.4 is 16.2 Å². The predicted molar refractivity (Wildman–Crippen MR) is 66.0 cm³/mol. The molecule has 0 radical (unpaired) electrons. The monoisotopic (exact) mass is 221 g/mol. The van der Waals surface area contributed by atoms with E-state index in [1.54, 1.807) is 0 Å². The van der Waals surface area contributed by atoms with Crippen LogP contribution in [0.25, 0.3) is 0 Å². The van der Waals surface area contributed by atoms with E-state index in [-0.39, 0.29) is 5.91 Å². The van der Waals surface area contributed by atoms with Crippen molar-refractivity contribution in [2.45, 2.75) is 19.8 Å². The molecule has 4 nitrogen and oxygen atoms in total. The summed E-state index contributed by atoms with van der Waals surface area (Å²) >= 11 is 0. The molecule has 88 valence electrons. The molecule has 0 saturated heterocycles. The summed E-state index contributed by atoms with van der Waals surface area (Å²) < 4.78 is 0. The van der Waals surface area contributed by atoms with E-state index in [0.717, 1.165) is 13.0 Å². The first kappa shape index (κ1) is 12.5. The minimum absolute atomic E-state index is 0.113. The lowest BCUT2D eigenvalue weighted by atomic mass is 10.2. The van der Waals surface area contributed by atoms with E-state index in [1.165, 1.54) is 11.3 Å². The van der Waals surface area contributed by atoms with Gasteiger partial charge in [-0.3, -0.25) is 10.2 Å². The number of hydrazine groups is 1. The number of aryl methyl sites for hydroxylation is 1. The second kappa shape index (κ2) is 6.12. The lowest BCUT2D eigenvalue weighted by molar-refractivity contribution is -0.121. The van der Waals surface area contributed by atoms with E-state index >= 15 is 0 Å². The lowest BCUT2D eigenvalue weighted by Crippen LogP contribution is -2.30. The summed E-state index contributed by atoms with van der Waals surface area (Å²) in [4.78, 5) is 13.1. The minimum Gasteiger partial charge on any atom is -0.375 e. The van der Waals surface area contributed by atoms with Crippen LogP contribution in [0.5, 0.6) is 0 Å². The Morgan fingerprint density at radius 2 is 2.25 bits per heavy atom. The Labute approximate surface area is 96.4 Å². The summed E-state index contributed by atoms with van der Waals surface area (Å²) in [5.74, 6) is 4.89. The van der Waals surface area contributed by atoms with Crippen molar-refractivity contribution in [2.24, 2.45) is 5.84 Å². The molecule has 0 aliphatic carbocycles. The van der Waals surface area contributed by atoms with Crippen molar-refractivity contribution in [2.75, 3.05) is 18.5 Å². The van der Waals surface area contributed by atoms with Crippen LogP contribution in [0.2, 0.25) is 0 Å². The standard InChI is InChI=1S/C12H19N3O/c1-10-5-3-6-11(9-10)15(2)8-4-7-12(16)14-13/h3,5-6,9H,4,7-8,13H2,1-2H3,(H,14,16). The average Bonchev–Trinajstić information content (AvgIpc) is 2.28. The van der Waals surface area contributed by atoms with Gasteiger partial charge in [0.15, 0.2) is 0 Å². The number of amides is 1.